The van der Waals surface area contributed by atoms with Gasteiger partial charge in [0.15, 0.2) is 0 Å². The number of nitrogens with zero attached hydrogens (tertiary/aromatic N) is 2. The first-order valence-corrected chi connectivity index (χ1v) is 11.2. The van der Waals surface area contributed by atoms with Crippen molar-refractivity contribution >= 4 is 23.9 Å². The van der Waals surface area contributed by atoms with Gasteiger partial charge in [-0.3, -0.25) is 4.79 Å². The van der Waals surface area contributed by atoms with E-state index >= 15 is 0 Å². The van der Waals surface area contributed by atoms with Gasteiger partial charge in [-0.05, 0) is 54.7 Å². The van der Waals surface area contributed by atoms with Crippen LogP contribution in [-0.4, -0.2) is 55.4 Å². The van der Waals surface area contributed by atoms with Gasteiger partial charge in [-0.25, -0.2) is 4.79 Å². The lowest BCUT2D eigenvalue weighted by atomic mass is 9.77. The smallest absolute Gasteiger partial charge is 0.313 e. The maximum absolute atomic E-state index is 13.1. The van der Waals surface area contributed by atoms with Crippen molar-refractivity contribution in [1.82, 2.24) is 10.2 Å². The van der Waals surface area contributed by atoms with Gasteiger partial charge >= 0.3 is 6.03 Å². The SMILES string of the molecule is C#Cc1ccccc1N1CCC(C(C=O)(CN2Cc3cc(OC)ccc3C2=O)NC(N)=O)CC1. The Bertz CT molecular complexity index is 1150. The number of amides is 3. The van der Waals surface area contributed by atoms with Crippen molar-refractivity contribution in [2.24, 2.45) is 11.7 Å². The number of rotatable bonds is 7. The third-order valence-corrected chi connectivity index (χ3v) is 6.83. The summed E-state index contributed by atoms with van der Waals surface area (Å²) in [4.78, 5) is 41.3. The van der Waals surface area contributed by atoms with E-state index in [2.05, 4.69) is 16.1 Å². The summed E-state index contributed by atoms with van der Waals surface area (Å²) in [7, 11) is 1.57. The van der Waals surface area contributed by atoms with Crippen molar-refractivity contribution < 1.29 is 19.1 Å². The van der Waals surface area contributed by atoms with Crippen molar-refractivity contribution in [2.75, 3.05) is 31.6 Å². The van der Waals surface area contributed by atoms with Crippen LogP contribution >= 0.6 is 0 Å². The topological polar surface area (TPSA) is 105 Å². The molecule has 8 heteroatoms. The fourth-order valence-corrected chi connectivity index (χ4v) is 5.10. The van der Waals surface area contributed by atoms with E-state index in [4.69, 9.17) is 16.9 Å². The summed E-state index contributed by atoms with van der Waals surface area (Å²) in [6.45, 7) is 1.69. The Morgan fingerprint density at radius 1 is 1.29 bits per heavy atom. The van der Waals surface area contributed by atoms with Crippen LogP contribution in [0.3, 0.4) is 0 Å². The summed E-state index contributed by atoms with van der Waals surface area (Å²) >= 11 is 0. The summed E-state index contributed by atoms with van der Waals surface area (Å²) < 4.78 is 5.27. The first kappa shape index (κ1) is 23.2. The average molecular weight is 461 g/mol. The molecule has 1 saturated heterocycles. The zero-order valence-corrected chi connectivity index (χ0v) is 19.1. The number of para-hydroxylation sites is 1. The Labute approximate surface area is 199 Å². The number of urea groups is 1. The molecule has 2 heterocycles. The molecule has 1 fully saturated rings. The summed E-state index contributed by atoms with van der Waals surface area (Å²) in [5, 5.41) is 2.69. The maximum Gasteiger partial charge on any atom is 0.313 e. The van der Waals surface area contributed by atoms with E-state index in [1.807, 2.05) is 30.3 Å². The standard InChI is InChI=1S/C26H28N4O4/c1-3-18-6-4-5-7-23(18)29-12-10-20(11-13-29)26(17-31,28-25(27)33)16-30-15-19-14-21(34-2)8-9-22(19)24(30)32/h1,4-9,14,17,20H,10-13,15-16H2,2H3,(H3,27,28,33). The van der Waals surface area contributed by atoms with Crippen LogP contribution in [0.4, 0.5) is 10.5 Å². The molecule has 2 aromatic carbocycles. The highest BCUT2D eigenvalue weighted by molar-refractivity contribution is 5.99. The second-order valence-electron chi connectivity index (χ2n) is 8.75. The molecule has 34 heavy (non-hydrogen) atoms. The molecule has 0 aromatic heterocycles. The van der Waals surface area contributed by atoms with Crippen LogP contribution in [0.1, 0.15) is 34.3 Å². The van der Waals surface area contributed by atoms with Gasteiger partial charge in [-0.1, -0.05) is 18.1 Å². The molecule has 1 unspecified atom stereocenters. The number of nitrogens with two attached hydrogens (primary N) is 1. The number of fused-ring (bicyclic) bond motifs is 1. The van der Waals surface area contributed by atoms with E-state index in [0.717, 1.165) is 23.1 Å². The summed E-state index contributed by atoms with van der Waals surface area (Å²) in [5.74, 6) is 2.99. The number of benzene rings is 2. The van der Waals surface area contributed by atoms with Gasteiger partial charge in [0.25, 0.3) is 5.91 Å². The van der Waals surface area contributed by atoms with Crippen LogP contribution in [-0.2, 0) is 11.3 Å². The molecule has 4 rings (SSSR count). The highest BCUT2D eigenvalue weighted by Gasteiger charge is 2.45. The first-order chi connectivity index (χ1) is 16.4. The molecular weight excluding hydrogens is 432 g/mol. The number of carbonyl (C=O) groups excluding carboxylic acids is 3. The highest BCUT2D eigenvalue weighted by Crippen LogP contribution is 2.34. The Morgan fingerprint density at radius 3 is 2.68 bits per heavy atom. The first-order valence-electron chi connectivity index (χ1n) is 11.2. The number of aldehydes is 1. The molecule has 0 radical (unpaired) electrons. The van der Waals surface area contributed by atoms with Crippen molar-refractivity contribution in [3.63, 3.8) is 0 Å². The average Bonchev–Trinajstić information content (AvgIpc) is 3.17. The molecule has 0 aliphatic carbocycles. The number of carbonyl (C=O) groups is 3. The third-order valence-electron chi connectivity index (χ3n) is 6.83. The minimum Gasteiger partial charge on any atom is -0.497 e. The second-order valence-corrected chi connectivity index (χ2v) is 8.75. The maximum atomic E-state index is 13.1. The predicted octanol–water partition coefficient (Wildman–Crippen LogP) is 2.15. The number of hydrogen-bond donors (Lipinski definition) is 2. The van der Waals surface area contributed by atoms with Crippen LogP contribution in [0.25, 0.3) is 0 Å². The van der Waals surface area contributed by atoms with Gasteiger partial charge in [0.05, 0.1) is 19.3 Å². The van der Waals surface area contributed by atoms with E-state index in [-0.39, 0.29) is 18.4 Å². The lowest BCUT2D eigenvalue weighted by Gasteiger charge is -2.44. The molecule has 2 aliphatic heterocycles. The minimum atomic E-state index is -1.29. The second kappa shape index (κ2) is 9.48. The Morgan fingerprint density at radius 2 is 2.03 bits per heavy atom. The van der Waals surface area contributed by atoms with Crippen LogP contribution in [0.15, 0.2) is 42.5 Å². The number of terminal acetylenes is 1. The van der Waals surface area contributed by atoms with Crippen molar-refractivity contribution in [2.45, 2.75) is 24.9 Å². The molecule has 1 atom stereocenters. The summed E-state index contributed by atoms with van der Waals surface area (Å²) in [6.07, 6.45) is 7.65. The van der Waals surface area contributed by atoms with Crippen LogP contribution in [0.5, 0.6) is 5.75 Å². The predicted molar refractivity (Wildman–Crippen MR) is 129 cm³/mol. The largest absolute Gasteiger partial charge is 0.497 e. The van der Waals surface area contributed by atoms with E-state index < -0.39 is 11.6 Å². The summed E-state index contributed by atoms with van der Waals surface area (Å²) in [6, 6.07) is 12.2. The Balaban J connectivity index is 1.54. The van der Waals surface area contributed by atoms with Crippen LogP contribution < -0.4 is 20.7 Å². The number of primary amides is 1. The summed E-state index contributed by atoms with van der Waals surface area (Å²) in [5.41, 5.74) is 7.38. The molecule has 176 valence electrons. The van der Waals surface area contributed by atoms with E-state index in [1.54, 1.807) is 24.1 Å². The number of methoxy groups -OCH3 is 1. The van der Waals surface area contributed by atoms with E-state index in [9.17, 15) is 14.4 Å². The molecule has 8 nitrogen and oxygen atoms in total. The molecule has 0 saturated carbocycles. The third kappa shape index (κ3) is 4.29. The molecule has 0 spiro atoms. The monoisotopic (exact) mass is 460 g/mol. The Kier molecular flexibility index (Phi) is 6.46. The Hall–Kier alpha value is -3.99. The molecular formula is C26H28N4O4. The van der Waals surface area contributed by atoms with Crippen LogP contribution in [0, 0.1) is 18.3 Å². The van der Waals surface area contributed by atoms with Gasteiger partial charge in [0.2, 0.25) is 0 Å². The van der Waals surface area contributed by atoms with Crippen molar-refractivity contribution in [3.8, 4) is 18.1 Å². The van der Waals surface area contributed by atoms with Crippen molar-refractivity contribution in [3.05, 3.63) is 59.2 Å². The number of piperidine rings is 1. The number of ether oxygens (including phenoxy) is 1. The lowest BCUT2D eigenvalue weighted by molar-refractivity contribution is -0.116. The molecule has 3 amide bonds. The quantitative estimate of drug-likeness (QED) is 0.487. The normalized spacial score (nSPS) is 17.5. The molecule has 0 bridgehead atoms. The zero-order valence-electron chi connectivity index (χ0n) is 19.1. The van der Waals surface area contributed by atoms with Gasteiger partial charge in [-0.2, -0.15) is 0 Å². The van der Waals surface area contributed by atoms with E-state index in [1.165, 1.54) is 0 Å². The fraction of sp³-hybridized carbons (Fsp3) is 0.346. The van der Waals surface area contributed by atoms with E-state index in [0.29, 0.717) is 43.8 Å². The fourth-order valence-electron chi connectivity index (χ4n) is 5.10. The van der Waals surface area contributed by atoms with Gasteiger partial charge < -0.3 is 30.4 Å². The number of anilines is 1. The van der Waals surface area contributed by atoms with Gasteiger partial charge in [-0.15, -0.1) is 6.42 Å². The highest BCUT2D eigenvalue weighted by atomic mass is 16.5. The number of nitrogens with one attached hydrogen (secondary N) is 1. The molecule has 2 aromatic rings. The van der Waals surface area contributed by atoms with Gasteiger partial charge in [0, 0.05) is 30.8 Å². The van der Waals surface area contributed by atoms with Crippen LogP contribution in [0.2, 0.25) is 0 Å². The lowest BCUT2D eigenvalue weighted by Crippen LogP contribution is -2.64. The molecule has 2 aliphatic rings. The van der Waals surface area contributed by atoms with Gasteiger partial charge in [0.1, 0.15) is 17.6 Å². The number of hydrogen-bond acceptors (Lipinski definition) is 5. The minimum absolute atomic E-state index is 0.0425. The molecule has 3 N–H and O–H groups in total. The van der Waals surface area contributed by atoms with Crippen molar-refractivity contribution in [1.29, 1.82) is 0 Å². The zero-order chi connectivity index (χ0) is 24.3.